The molecule has 0 amide bonds. The summed E-state index contributed by atoms with van der Waals surface area (Å²) in [5.41, 5.74) is 2.62. The Bertz CT molecular complexity index is 925. The number of hydrazone groups is 1. The first-order chi connectivity index (χ1) is 13.5. The van der Waals surface area contributed by atoms with Crippen LogP contribution in [0.1, 0.15) is 50.3 Å². The van der Waals surface area contributed by atoms with Gasteiger partial charge in [-0.3, -0.25) is 0 Å². The van der Waals surface area contributed by atoms with Crippen LogP contribution in [-0.2, 0) is 4.74 Å². The standard InChI is InChI=1S/C23H26N2O3/c1-22(2)15-23(12-13-27-22)25-19(14-18(24-25)16-8-5-4-6-9-16)17-10-7-11-20(26-3)21(17)28-23/h4-11,19H,12-15H2,1-3H3/t19-,23+/m1/s1. The lowest BCUT2D eigenvalue weighted by Gasteiger charge is -2.52. The third-order valence-electron chi connectivity index (χ3n) is 6.00. The highest BCUT2D eigenvalue weighted by Gasteiger charge is 2.55. The number of para-hydroxylation sites is 1. The van der Waals surface area contributed by atoms with Gasteiger partial charge in [0.25, 0.3) is 0 Å². The van der Waals surface area contributed by atoms with Crippen molar-refractivity contribution in [2.45, 2.75) is 50.5 Å². The lowest BCUT2D eigenvalue weighted by molar-refractivity contribution is -0.212. The molecule has 2 atom stereocenters. The molecule has 0 aromatic heterocycles. The lowest BCUT2D eigenvalue weighted by atomic mass is 9.86. The van der Waals surface area contributed by atoms with E-state index in [0.29, 0.717) is 6.61 Å². The van der Waals surface area contributed by atoms with Crippen molar-refractivity contribution in [3.63, 3.8) is 0 Å². The summed E-state index contributed by atoms with van der Waals surface area (Å²) in [6.45, 7) is 4.90. The van der Waals surface area contributed by atoms with Gasteiger partial charge in [0.1, 0.15) is 0 Å². The maximum Gasteiger partial charge on any atom is 0.203 e. The van der Waals surface area contributed by atoms with Gasteiger partial charge in [0.05, 0.1) is 31.1 Å². The number of hydrogen-bond acceptors (Lipinski definition) is 5. The van der Waals surface area contributed by atoms with Gasteiger partial charge in [-0.05, 0) is 25.5 Å². The van der Waals surface area contributed by atoms with Crippen LogP contribution >= 0.6 is 0 Å². The molecule has 5 rings (SSSR count). The Hall–Kier alpha value is -2.53. The molecule has 5 nitrogen and oxygen atoms in total. The number of fused-ring (bicyclic) bond motifs is 4. The first-order valence-electron chi connectivity index (χ1n) is 9.93. The van der Waals surface area contributed by atoms with E-state index in [1.54, 1.807) is 7.11 Å². The second-order valence-electron chi connectivity index (χ2n) is 8.44. The summed E-state index contributed by atoms with van der Waals surface area (Å²) < 4.78 is 18.4. The summed E-state index contributed by atoms with van der Waals surface area (Å²) in [6.07, 6.45) is 2.38. The van der Waals surface area contributed by atoms with Crippen LogP contribution in [0, 0.1) is 0 Å². The fourth-order valence-electron chi connectivity index (χ4n) is 4.81. The molecule has 28 heavy (non-hydrogen) atoms. The highest BCUT2D eigenvalue weighted by Crippen LogP contribution is 2.54. The van der Waals surface area contributed by atoms with Crippen LogP contribution in [0.5, 0.6) is 11.5 Å². The average molecular weight is 378 g/mol. The van der Waals surface area contributed by atoms with Crippen molar-refractivity contribution in [2.75, 3.05) is 13.7 Å². The SMILES string of the molecule is COc1cccc2c1O[C@]1(CCOC(C)(C)C1)N1N=C(c3ccccc3)C[C@H]21. The van der Waals surface area contributed by atoms with E-state index in [0.717, 1.165) is 42.0 Å². The minimum absolute atomic E-state index is 0.142. The smallest absolute Gasteiger partial charge is 0.203 e. The fourth-order valence-corrected chi connectivity index (χ4v) is 4.81. The summed E-state index contributed by atoms with van der Waals surface area (Å²) in [5, 5.41) is 7.32. The molecule has 3 aliphatic heterocycles. The zero-order valence-corrected chi connectivity index (χ0v) is 16.6. The van der Waals surface area contributed by atoms with Crippen LogP contribution in [0.25, 0.3) is 0 Å². The summed E-state index contributed by atoms with van der Waals surface area (Å²) in [5.74, 6) is 1.64. The Labute approximate surface area is 165 Å². The molecule has 2 aromatic carbocycles. The number of methoxy groups -OCH3 is 1. The first-order valence-corrected chi connectivity index (χ1v) is 9.93. The number of nitrogens with zero attached hydrogens (tertiary/aromatic N) is 2. The molecule has 0 unspecified atom stereocenters. The molecule has 0 bridgehead atoms. The van der Waals surface area contributed by atoms with E-state index in [9.17, 15) is 0 Å². The van der Waals surface area contributed by atoms with Gasteiger partial charge in [-0.25, -0.2) is 5.01 Å². The van der Waals surface area contributed by atoms with E-state index >= 15 is 0 Å². The maximum absolute atomic E-state index is 6.73. The van der Waals surface area contributed by atoms with Crippen LogP contribution in [0.15, 0.2) is 53.6 Å². The van der Waals surface area contributed by atoms with Crippen LogP contribution in [0.2, 0.25) is 0 Å². The van der Waals surface area contributed by atoms with Gasteiger partial charge in [0.15, 0.2) is 11.5 Å². The van der Waals surface area contributed by atoms with Gasteiger partial charge < -0.3 is 14.2 Å². The fraction of sp³-hybridized carbons (Fsp3) is 0.435. The molecular weight excluding hydrogens is 352 g/mol. The van der Waals surface area contributed by atoms with Crippen LogP contribution in [0.4, 0.5) is 0 Å². The maximum atomic E-state index is 6.73. The lowest BCUT2D eigenvalue weighted by Crippen LogP contribution is -2.60. The van der Waals surface area contributed by atoms with Crippen molar-refractivity contribution in [2.24, 2.45) is 5.10 Å². The summed E-state index contributed by atoms with van der Waals surface area (Å²) in [7, 11) is 1.70. The van der Waals surface area contributed by atoms with Gasteiger partial charge >= 0.3 is 0 Å². The van der Waals surface area contributed by atoms with E-state index < -0.39 is 5.72 Å². The van der Waals surface area contributed by atoms with E-state index in [-0.39, 0.29) is 11.6 Å². The molecule has 0 saturated carbocycles. The van der Waals surface area contributed by atoms with Gasteiger partial charge in [0, 0.05) is 24.8 Å². The minimum atomic E-state index is -0.523. The molecular formula is C23H26N2O3. The predicted octanol–water partition coefficient (Wildman–Crippen LogP) is 4.52. The van der Waals surface area contributed by atoms with E-state index in [2.05, 4.69) is 49.2 Å². The molecule has 3 heterocycles. The molecule has 0 radical (unpaired) electrons. The Kier molecular flexibility index (Phi) is 3.91. The zero-order valence-electron chi connectivity index (χ0n) is 16.6. The Morgan fingerprint density at radius 1 is 1.11 bits per heavy atom. The molecule has 5 heteroatoms. The number of rotatable bonds is 2. The van der Waals surface area contributed by atoms with Crippen LogP contribution in [0.3, 0.4) is 0 Å². The van der Waals surface area contributed by atoms with E-state index in [1.807, 2.05) is 18.2 Å². The van der Waals surface area contributed by atoms with Gasteiger partial charge in [0.2, 0.25) is 5.72 Å². The molecule has 2 aromatic rings. The van der Waals surface area contributed by atoms with Gasteiger partial charge in [-0.2, -0.15) is 5.10 Å². The van der Waals surface area contributed by atoms with Crippen molar-refractivity contribution in [3.05, 3.63) is 59.7 Å². The predicted molar refractivity (Wildman–Crippen MR) is 108 cm³/mol. The first kappa shape index (κ1) is 17.6. The van der Waals surface area contributed by atoms with Crippen molar-refractivity contribution < 1.29 is 14.2 Å². The van der Waals surface area contributed by atoms with Crippen LogP contribution < -0.4 is 9.47 Å². The summed E-state index contributed by atoms with van der Waals surface area (Å²) in [4.78, 5) is 0. The minimum Gasteiger partial charge on any atom is -0.493 e. The number of hydrogen-bond donors (Lipinski definition) is 0. The third kappa shape index (κ3) is 2.68. The summed E-state index contributed by atoms with van der Waals surface area (Å²) in [6, 6.07) is 16.7. The van der Waals surface area contributed by atoms with Crippen molar-refractivity contribution in [1.29, 1.82) is 0 Å². The normalized spacial score (nSPS) is 27.6. The average Bonchev–Trinajstić information content (AvgIpc) is 3.14. The van der Waals surface area contributed by atoms with Crippen molar-refractivity contribution in [1.82, 2.24) is 5.01 Å². The van der Waals surface area contributed by atoms with Gasteiger partial charge in [-0.15, -0.1) is 0 Å². The molecule has 0 aliphatic carbocycles. The largest absolute Gasteiger partial charge is 0.493 e. The Morgan fingerprint density at radius 3 is 2.68 bits per heavy atom. The molecule has 1 fully saturated rings. The molecule has 0 N–H and O–H groups in total. The van der Waals surface area contributed by atoms with Crippen molar-refractivity contribution >= 4 is 5.71 Å². The zero-order chi connectivity index (χ0) is 19.4. The third-order valence-corrected chi connectivity index (χ3v) is 6.00. The van der Waals surface area contributed by atoms with Crippen LogP contribution in [-0.4, -0.2) is 35.8 Å². The second-order valence-corrected chi connectivity index (χ2v) is 8.44. The quantitative estimate of drug-likeness (QED) is 0.770. The highest BCUT2D eigenvalue weighted by atomic mass is 16.6. The molecule has 3 aliphatic rings. The Morgan fingerprint density at radius 2 is 1.93 bits per heavy atom. The van der Waals surface area contributed by atoms with E-state index in [1.165, 1.54) is 5.56 Å². The Balaban J connectivity index is 1.64. The molecule has 1 spiro atoms. The second kappa shape index (κ2) is 6.24. The van der Waals surface area contributed by atoms with E-state index in [4.69, 9.17) is 19.3 Å². The van der Waals surface area contributed by atoms with Gasteiger partial charge in [-0.1, -0.05) is 42.5 Å². The number of ether oxygens (including phenoxy) is 3. The number of benzene rings is 2. The molecule has 146 valence electrons. The highest BCUT2D eigenvalue weighted by molar-refractivity contribution is 6.02. The van der Waals surface area contributed by atoms with Crippen molar-refractivity contribution in [3.8, 4) is 11.5 Å². The topological polar surface area (TPSA) is 43.3 Å². The molecule has 1 saturated heterocycles. The monoisotopic (exact) mass is 378 g/mol. The summed E-state index contributed by atoms with van der Waals surface area (Å²) >= 11 is 0.